The normalized spacial score (nSPS) is 22.3. The molecule has 0 saturated carbocycles. The Hall–Kier alpha value is -0.340. The van der Waals surface area contributed by atoms with Gasteiger partial charge in [-0.2, -0.15) is 0 Å². The van der Waals surface area contributed by atoms with Crippen molar-refractivity contribution in [3.05, 3.63) is 29.3 Å². The smallest absolute Gasteiger partial charge is 0.0723 e. The minimum atomic E-state index is 0.582. The zero-order chi connectivity index (χ0) is 9.26. The highest BCUT2D eigenvalue weighted by Gasteiger charge is 2.20. The van der Waals surface area contributed by atoms with Gasteiger partial charge in [-0.1, -0.05) is 17.7 Å². The Morgan fingerprint density at radius 2 is 2.38 bits per heavy atom. The molecule has 1 fully saturated rings. The first-order valence-corrected chi connectivity index (χ1v) is 5.84. The maximum Gasteiger partial charge on any atom is 0.0723 e. The number of hydrogen-bond acceptors (Lipinski definition) is 2. The van der Waals surface area contributed by atoms with Gasteiger partial charge in [0.25, 0.3) is 0 Å². The van der Waals surface area contributed by atoms with Crippen molar-refractivity contribution in [3.63, 3.8) is 0 Å². The van der Waals surface area contributed by atoms with Gasteiger partial charge in [0.15, 0.2) is 0 Å². The van der Waals surface area contributed by atoms with Gasteiger partial charge in [-0.15, -0.1) is 11.8 Å². The number of thioether (sulfide) groups is 1. The molecule has 0 aromatic heterocycles. The van der Waals surface area contributed by atoms with Crippen LogP contribution >= 0.6 is 23.4 Å². The number of nitrogens with zero attached hydrogens (tertiary/aromatic N) is 1. The van der Waals surface area contributed by atoms with Crippen LogP contribution in [-0.2, 0) is 0 Å². The Balaban J connectivity index is 2.24. The molecule has 1 unspecified atom stereocenters. The predicted molar refractivity (Wildman–Crippen MR) is 60.7 cm³/mol. The van der Waals surface area contributed by atoms with Crippen LogP contribution in [0.2, 0.25) is 5.02 Å². The lowest BCUT2D eigenvalue weighted by Crippen LogP contribution is -2.25. The molecule has 3 heteroatoms. The Bertz CT molecular complexity index is 303. The molecule has 1 aromatic carbocycles. The molecular formula is C10H12ClNS. The third-order valence-corrected chi connectivity index (χ3v) is 3.66. The molecule has 70 valence electrons. The van der Waals surface area contributed by atoms with E-state index in [4.69, 9.17) is 11.6 Å². The quantitative estimate of drug-likeness (QED) is 0.705. The van der Waals surface area contributed by atoms with Gasteiger partial charge in [-0.3, -0.25) is 0 Å². The molecule has 13 heavy (non-hydrogen) atoms. The van der Waals surface area contributed by atoms with Gasteiger partial charge in [-0.05, 0) is 25.1 Å². The van der Waals surface area contributed by atoms with Crippen molar-refractivity contribution in [3.8, 4) is 0 Å². The number of hydrogen-bond donors (Lipinski definition) is 0. The van der Waals surface area contributed by atoms with E-state index in [0.29, 0.717) is 5.37 Å². The van der Waals surface area contributed by atoms with Crippen molar-refractivity contribution in [1.82, 2.24) is 0 Å². The van der Waals surface area contributed by atoms with Crippen molar-refractivity contribution in [2.45, 2.75) is 12.3 Å². The zero-order valence-corrected chi connectivity index (χ0v) is 9.11. The predicted octanol–water partition coefficient (Wildman–Crippen LogP) is 3.24. The summed E-state index contributed by atoms with van der Waals surface area (Å²) in [5.74, 6) is 1.22. The molecular weight excluding hydrogens is 202 g/mol. The number of anilines is 1. The molecule has 1 saturated heterocycles. The van der Waals surface area contributed by atoms with E-state index in [0.717, 1.165) is 11.6 Å². The Kier molecular flexibility index (Phi) is 2.70. The summed E-state index contributed by atoms with van der Waals surface area (Å²) in [6.45, 7) is 3.37. The van der Waals surface area contributed by atoms with Crippen molar-refractivity contribution < 1.29 is 0 Å². The summed E-state index contributed by atoms with van der Waals surface area (Å²) in [5, 5.41) is 1.40. The second-order valence-corrected chi connectivity index (χ2v) is 5.00. The van der Waals surface area contributed by atoms with Crippen molar-refractivity contribution in [2.24, 2.45) is 0 Å². The highest BCUT2D eigenvalue weighted by Crippen LogP contribution is 2.30. The maximum atomic E-state index is 5.94. The fourth-order valence-electron chi connectivity index (χ4n) is 1.59. The van der Waals surface area contributed by atoms with E-state index in [9.17, 15) is 0 Å². The fraction of sp³-hybridized carbons (Fsp3) is 0.400. The lowest BCUT2D eigenvalue weighted by Gasteiger charge is -2.22. The third-order valence-electron chi connectivity index (χ3n) is 2.27. The molecule has 1 aliphatic heterocycles. The first-order chi connectivity index (χ1) is 6.27. The summed E-state index contributed by atoms with van der Waals surface area (Å²) in [5.41, 5.74) is 1.24. The topological polar surface area (TPSA) is 3.24 Å². The van der Waals surface area contributed by atoms with E-state index in [1.807, 2.05) is 30.0 Å². The van der Waals surface area contributed by atoms with Crippen LogP contribution in [-0.4, -0.2) is 17.7 Å². The van der Waals surface area contributed by atoms with Crippen LogP contribution in [0.5, 0.6) is 0 Å². The molecule has 1 atom stereocenters. The van der Waals surface area contributed by atoms with E-state index in [1.165, 1.54) is 11.4 Å². The molecule has 0 spiro atoms. The molecule has 1 heterocycles. The van der Waals surface area contributed by atoms with Crippen molar-refractivity contribution in [2.75, 3.05) is 17.2 Å². The first kappa shape index (κ1) is 9.22. The largest absolute Gasteiger partial charge is 0.359 e. The average Bonchev–Trinajstić information content (AvgIpc) is 2.51. The molecule has 2 rings (SSSR count). The first-order valence-electron chi connectivity index (χ1n) is 4.41. The molecule has 1 aromatic rings. The summed E-state index contributed by atoms with van der Waals surface area (Å²) in [7, 11) is 0. The van der Waals surface area contributed by atoms with Crippen LogP contribution in [0.4, 0.5) is 5.69 Å². The highest BCUT2D eigenvalue weighted by atomic mass is 35.5. The van der Waals surface area contributed by atoms with Gasteiger partial charge in [0.2, 0.25) is 0 Å². The van der Waals surface area contributed by atoms with E-state index in [-0.39, 0.29) is 0 Å². The van der Waals surface area contributed by atoms with Gasteiger partial charge < -0.3 is 4.90 Å². The lowest BCUT2D eigenvalue weighted by atomic mass is 10.3. The molecule has 0 radical (unpaired) electrons. The summed E-state index contributed by atoms with van der Waals surface area (Å²) in [6.07, 6.45) is 0. The molecule has 0 bridgehead atoms. The van der Waals surface area contributed by atoms with Crippen LogP contribution in [0, 0.1) is 0 Å². The summed E-state index contributed by atoms with van der Waals surface area (Å²) in [4.78, 5) is 2.39. The van der Waals surface area contributed by atoms with Gasteiger partial charge in [0, 0.05) is 23.0 Å². The van der Waals surface area contributed by atoms with E-state index in [1.54, 1.807) is 0 Å². The SMILES string of the molecule is CC1SCCN1c1cccc(Cl)c1. The summed E-state index contributed by atoms with van der Waals surface area (Å²) in [6, 6.07) is 8.07. The summed E-state index contributed by atoms with van der Waals surface area (Å²) < 4.78 is 0. The average molecular weight is 214 g/mol. The molecule has 0 N–H and O–H groups in total. The minimum absolute atomic E-state index is 0.582. The number of rotatable bonds is 1. The van der Waals surface area contributed by atoms with Gasteiger partial charge in [0.05, 0.1) is 5.37 Å². The van der Waals surface area contributed by atoms with Gasteiger partial charge in [-0.25, -0.2) is 0 Å². The zero-order valence-electron chi connectivity index (χ0n) is 7.53. The van der Waals surface area contributed by atoms with Gasteiger partial charge >= 0.3 is 0 Å². The molecule has 1 aliphatic rings. The Labute approximate surface area is 88.1 Å². The molecule has 0 amide bonds. The minimum Gasteiger partial charge on any atom is -0.359 e. The second-order valence-electron chi connectivity index (χ2n) is 3.14. The second kappa shape index (κ2) is 3.81. The van der Waals surface area contributed by atoms with Crippen molar-refractivity contribution in [1.29, 1.82) is 0 Å². The summed E-state index contributed by atoms with van der Waals surface area (Å²) >= 11 is 7.93. The monoisotopic (exact) mass is 213 g/mol. The van der Waals surface area contributed by atoms with Crippen LogP contribution in [0.25, 0.3) is 0 Å². The molecule has 1 nitrogen and oxygen atoms in total. The van der Waals surface area contributed by atoms with E-state index in [2.05, 4.69) is 17.9 Å². The number of benzene rings is 1. The Morgan fingerprint density at radius 3 is 3.00 bits per heavy atom. The highest BCUT2D eigenvalue weighted by molar-refractivity contribution is 8.00. The van der Waals surface area contributed by atoms with Crippen LogP contribution in [0.15, 0.2) is 24.3 Å². The maximum absolute atomic E-state index is 5.94. The third kappa shape index (κ3) is 1.94. The van der Waals surface area contributed by atoms with Crippen molar-refractivity contribution >= 4 is 29.1 Å². The van der Waals surface area contributed by atoms with Crippen LogP contribution in [0.3, 0.4) is 0 Å². The molecule has 0 aliphatic carbocycles. The standard InChI is InChI=1S/C10H12ClNS/c1-8-12(5-6-13-8)10-4-2-3-9(11)7-10/h2-4,7-8H,5-6H2,1H3. The number of halogens is 1. The Morgan fingerprint density at radius 1 is 1.54 bits per heavy atom. The van der Waals surface area contributed by atoms with Crippen LogP contribution < -0.4 is 4.90 Å². The lowest BCUT2D eigenvalue weighted by molar-refractivity contribution is 0.867. The van der Waals surface area contributed by atoms with Crippen LogP contribution in [0.1, 0.15) is 6.92 Å². The fourth-order valence-corrected chi connectivity index (χ4v) is 2.82. The van der Waals surface area contributed by atoms with Gasteiger partial charge in [0.1, 0.15) is 0 Å². The van der Waals surface area contributed by atoms with E-state index < -0.39 is 0 Å². The van der Waals surface area contributed by atoms with E-state index >= 15 is 0 Å².